The van der Waals surface area contributed by atoms with Crippen molar-refractivity contribution in [2.24, 2.45) is 0 Å². The van der Waals surface area contributed by atoms with Crippen molar-refractivity contribution >= 4 is 5.69 Å². The summed E-state index contributed by atoms with van der Waals surface area (Å²) < 4.78 is 10.9. The number of allylic oxidation sites excluding steroid dienone is 1. The molecule has 0 fully saturated rings. The molecule has 0 spiro atoms. The van der Waals surface area contributed by atoms with E-state index in [1.807, 2.05) is 24.3 Å². The molecule has 22 heavy (non-hydrogen) atoms. The van der Waals surface area contributed by atoms with E-state index in [1.54, 1.807) is 14.2 Å². The molecule has 3 heteroatoms. The van der Waals surface area contributed by atoms with Crippen LogP contribution in [0.5, 0.6) is 11.5 Å². The molecule has 0 heterocycles. The monoisotopic (exact) mass is 297 g/mol. The Kier molecular flexibility index (Phi) is 5.48. The lowest BCUT2D eigenvalue weighted by Crippen LogP contribution is -2.03. The predicted octanol–water partition coefficient (Wildman–Crippen LogP) is 4.35. The smallest absolute Gasteiger partial charge is 0.164 e. The average Bonchev–Trinajstić information content (AvgIpc) is 2.54. The molecule has 0 aliphatic heterocycles. The van der Waals surface area contributed by atoms with Gasteiger partial charge in [0, 0.05) is 17.8 Å². The number of nitrogens with one attached hydrogen (secondary N) is 1. The fourth-order valence-corrected chi connectivity index (χ4v) is 2.48. The highest BCUT2D eigenvalue weighted by Crippen LogP contribution is 2.33. The van der Waals surface area contributed by atoms with Gasteiger partial charge in [0.25, 0.3) is 0 Å². The van der Waals surface area contributed by atoms with Crippen molar-refractivity contribution < 1.29 is 9.47 Å². The summed E-state index contributed by atoms with van der Waals surface area (Å²) in [5, 5.41) is 3.47. The highest BCUT2D eigenvalue weighted by atomic mass is 16.5. The van der Waals surface area contributed by atoms with E-state index < -0.39 is 0 Å². The second-order valence-corrected chi connectivity index (χ2v) is 5.15. The van der Waals surface area contributed by atoms with E-state index >= 15 is 0 Å². The molecule has 0 unspecified atom stereocenters. The number of rotatable bonds is 7. The second-order valence-electron chi connectivity index (χ2n) is 5.15. The number of para-hydroxylation sites is 1. The van der Waals surface area contributed by atoms with Crippen LogP contribution in [0.3, 0.4) is 0 Å². The number of benzene rings is 2. The Morgan fingerprint density at radius 1 is 1.14 bits per heavy atom. The fourth-order valence-electron chi connectivity index (χ4n) is 2.48. The lowest BCUT2D eigenvalue weighted by molar-refractivity contribution is 0.352. The van der Waals surface area contributed by atoms with Gasteiger partial charge in [0.05, 0.1) is 14.2 Å². The van der Waals surface area contributed by atoms with Crippen LogP contribution < -0.4 is 14.8 Å². The summed E-state index contributed by atoms with van der Waals surface area (Å²) in [6, 6.07) is 12.4. The van der Waals surface area contributed by atoms with Crippen molar-refractivity contribution in [3.05, 3.63) is 65.7 Å². The Labute approximate surface area is 132 Å². The zero-order chi connectivity index (χ0) is 15.9. The predicted molar refractivity (Wildman–Crippen MR) is 92.0 cm³/mol. The second kappa shape index (κ2) is 7.55. The average molecular weight is 297 g/mol. The highest BCUT2D eigenvalue weighted by molar-refractivity contribution is 5.53. The summed E-state index contributed by atoms with van der Waals surface area (Å²) in [6.07, 6.45) is 2.62. The minimum absolute atomic E-state index is 0.731. The fraction of sp³-hybridized carbons (Fsp3) is 0.263. The summed E-state index contributed by atoms with van der Waals surface area (Å²) in [5.74, 6) is 1.53. The summed E-state index contributed by atoms with van der Waals surface area (Å²) in [5.41, 5.74) is 4.60. The van der Waals surface area contributed by atoms with Gasteiger partial charge in [-0.25, -0.2) is 0 Å². The zero-order valence-electron chi connectivity index (χ0n) is 13.5. The van der Waals surface area contributed by atoms with E-state index in [-0.39, 0.29) is 0 Å². The number of anilines is 1. The van der Waals surface area contributed by atoms with Crippen molar-refractivity contribution in [1.29, 1.82) is 0 Å². The molecule has 2 rings (SSSR count). The summed E-state index contributed by atoms with van der Waals surface area (Å²) in [6.45, 7) is 6.64. The van der Waals surface area contributed by atoms with E-state index in [1.165, 1.54) is 5.56 Å². The molecule has 2 aromatic carbocycles. The molecular formula is C19H23NO2. The number of aryl methyl sites for hydroxylation is 1. The topological polar surface area (TPSA) is 30.5 Å². The van der Waals surface area contributed by atoms with Crippen LogP contribution in [0, 0.1) is 6.92 Å². The van der Waals surface area contributed by atoms with Crippen LogP contribution in [0.25, 0.3) is 0 Å². The van der Waals surface area contributed by atoms with Crippen molar-refractivity contribution in [3.63, 3.8) is 0 Å². The van der Waals surface area contributed by atoms with Crippen LogP contribution in [-0.4, -0.2) is 14.2 Å². The van der Waals surface area contributed by atoms with Crippen molar-refractivity contribution in [2.45, 2.75) is 19.9 Å². The molecule has 0 aliphatic rings. The van der Waals surface area contributed by atoms with E-state index in [2.05, 4.69) is 37.0 Å². The van der Waals surface area contributed by atoms with Crippen LogP contribution in [0.4, 0.5) is 5.69 Å². The number of ether oxygens (including phenoxy) is 2. The van der Waals surface area contributed by atoms with Gasteiger partial charge < -0.3 is 14.8 Å². The van der Waals surface area contributed by atoms with E-state index in [9.17, 15) is 0 Å². The SMILES string of the molecule is C=CCc1cc(CNc2ccccc2C)cc(OC)c1OC. The summed E-state index contributed by atoms with van der Waals surface area (Å²) in [7, 11) is 3.32. The van der Waals surface area contributed by atoms with Gasteiger partial charge in [-0.2, -0.15) is 0 Å². The first-order chi connectivity index (χ1) is 10.7. The Morgan fingerprint density at radius 3 is 2.55 bits per heavy atom. The van der Waals surface area contributed by atoms with Crippen LogP contribution in [-0.2, 0) is 13.0 Å². The Bertz CT molecular complexity index is 650. The third kappa shape index (κ3) is 3.61. The number of hydrogen-bond acceptors (Lipinski definition) is 3. The molecule has 0 bridgehead atoms. The van der Waals surface area contributed by atoms with Gasteiger partial charge in [-0.05, 0) is 42.7 Å². The van der Waals surface area contributed by atoms with Gasteiger partial charge in [0.15, 0.2) is 11.5 Å². The molecule has 0 saturated carbocycles. The first-order valence-electron chi connectivity index (χ1n) is 7.33. The highest BCUT2D eigenvalue weighted by Gasteiger charge is 2.11. The molecule has 0 saturated heterocycles. The van der Waals surface area contributed by atoms with Crippen molar-refractivity contribution in [2.75, 3.05) is 19.5 Å². The minimum atomic E-state index is 0.731. The third-order valence-electron chi connectivity index (χ3n) is 3.61. The molecule has 1 N–H and O–H groups in total. The van der Waals surface area contributed by atoms with Crippen molar-refractivity contribution in [1.82, 2.24) is 0 Å². The van der Waals surface area contributed by atoms with Crippen LogP contribution in [0.2, 0.25) is 0 Å². The quantitative estimate of drug-likeness (QED) is 0.771. The van der Waals surface area contributed by atoms with Gasteiger partial charge in [-0.1, -0.05) is 24.3 Å². The Hall–Kier alpha value is -2.42. The van der Waals surface area contributed by atoms with Gasteiger partial charge in [-0.15, -0.1) is 6.58 Å². The maximum absolute atomic E-state index is 5.46. The lowest BCUT2D eigenvalue weighted by atomic mass is 10.1. The molecular weight excluding hydrogens is 274 g/mol. The third-order valence-corrected chi connectivity index (χ3v) is 3.61. The molecule has 0 atom stereocenters. The number of methoxy groups -OCH3 is 2. The van der Waals surface area contributed by atoms with E-state index in [0.717, 1.165) is 41.3 Å². The van der Waals surface area contributed by atoms with Gasteiger partial charge in [0.2, 0.25) is 0 Å². The Balaban J connectivity index is 2.25. The maximum atomic E-state index is 5.46. The zero-order valence-corrected chi connectivity index (χ0v) is 13.5. The van der Waals surface area contributed by atoms with Gasteiger partial charge in [-0.3, -0.25) is 0 Å². The molecule has 3 nitrogen and oxygen atoms in total. The van der Waals surface area contributed by atoms with Crippen LogP contribution in [0.15, 0.2) is 49.1 Å². The molecule has 116 valence electrons. The lowest BCUT2D eigenvalue weighted by Gasteiger charge is -2.15. The standard InChI is InChI=1S/C19H23NO2/c1-5-8-16-11-15(12-18(21-3)19(16)22-4)13-20-17-10-7-6-9-14(17)2/h5-7,9-12,20H,1,8,13H2,2-4H3. The van der Waals surface area contributed by atoms with Gasteiger partial charge >= 0.3 is 0 Å². The molecule has 0 radical (unpaired) electrons. The number of hydrogen-bond donors (Lipinski definition) is 1. The van der Waals surface area contributed by atoms with Crippen LogP contribution >= 0.6 is 0 Å². The van der Waals surface area contributed by atoms with E-state index in [0.29, 0.717) is 0 Å². The van der Waals surface area contributed by atoms with Gasteiger partial charge in [0.1, 0.15) is 0 Å². The molecule has 0 aromatic heterocycles. The van der Waals surface area contributed by atoms with Crippen molar-refractivity contribution in [3.8, 4) is 11.5 Å². The Morgan fingerprint density at radius 2 is 1.91 bits per heavy atom. The first-order valence-corrected chi connectivity index (χ1v) is 7.33. The minimum Gasteiger partial charge on any atom is -0.493 e. The largest absolute Gasteiger partial charge is 0.493 e. The van der Waals surface area contributed by atoms with Crippen LogP contribution in [0.1, 0.15) is 16.7 Å². The maximum Gasteiger partial charge on any atom is 0.164 e. The molecule has 2 aromatic rings. The first kappa shape index (κ1) is 16.0. The summed E-state index contributed by atoms with van der Waals surface area (Å²) in [4.78, 5) is 0. The summed E-state index contributed by atoms with van der Waals surface area (Å²) >= 11 is 0. The normalized spacial score (nSPS) is 10.1. The molecule has 0 aliphatic carbocycles. The molecule has 0 amide bonds. The van der Waals surface area contributed by atoms with E-state index in [4.69, 9.17) is 9.47 Å².